The number of nitrogens with zero attached hydrogens (tertiary/aromatic N) is 2. The zero-order valence-corrected chi connectivity index (χ0v) is 9.09. The van der Waals surface area contributed by atoms with E-state index in [4.69, 9.17) is 0 Å². The number of carbonyl (C=O) groups is 1. The van der Waals surface area contributed by atoms with Gasteiger partial charge in [0.05, 0.1) is 5.51 Å². The van der Waals surface area contributed by atoms with Crippen LogP contribution in [0.5, 0.6) is 0 Å². The van der Waals surface area contributed by atoms with Crippen molar-refractivity contribution in [3.63, 3.8) is 0 Å². The number of likely N-dealkylation sites (tertiary alicyclic amines) is 1. The molecule has 1 saturated heterocycles. The van der Waals surface area contributed by atoms with Crippen molar-refractivity contribution in [3.05, 3.63) is 16.6 Å². The molecular weight excluding hydrogens is 196 g/mol. The molecular formula is C10H14N2OS. The lowest BCUT2D eigenvalue weighted by atomic mass is 10.0. The van der Waals surface area contributed by atoms with Crippen LogP contribution in [0.1, 0.15) is 30.3 Å². The van der Waals surface area contributed by atoms with Gasteiger partial charge in [0, 0.05) is 18.5 Å². The summed E-state index contributed by atoms with van der Waals surface area (Å²) in [5.41, 5.74) is 2.31. The van der Waals surface area contributed by atoms with Gasteiger partial charge in [0.1, 0.15) is 5.69 Å². The van der Waals surface area contributed by atoms with Crippen LogP contribution in [0.2, 0.25) is 0 Å². The molecule has 3 nitrogen and oxygen atoms in total. The third-order valence-electron chi connectivity index (χ3n) is 2.60. The molecule has 1 aliphatic heterocycles. The van der Waals surface area contributed by atoms with Crippen molar-refractivity contribution in [3.8, 4) is 0 Å². The van der Waals surface area contributed by atoms with Gasteiger partial charge in [-0.15, -0.1) is 11.3 Å². The Morgan fingerprint density at radius 1 is 1.71 bits per heavy atom. The van der Waals surface area contributed by atoms with Gasteiger partial charge >= 0.3 is 0 Å². The van der Waals surface area contributed by atoms with Gasteiger partial charge in [0.25, 0.3) is 5.91 Å². The molecule has 0 aromatic carbocycles. The molecule has 0 aliphatic carbocycles. The van der Waals surface area contributed by atoms with Crippen molar-refractivity contribution < 1.29 is 4.79 Å². The molecule has 0 spiro atoms. The molecule has 1 aromatic rings. The molecule has 0 radical (unpaired) electrons. The number of hydrogen-bond donors (Lipinski definition) is 0. The fraction of sp³-hybridized carbons (Fsp3) is 0.600. The molecule has 14 heavy (non-hydrogen) atoms. The number of hydrogen-bond acceptors (Lipinski definition) is 3. The van der Waals surface area contributed by atoms with E-state index in [9.17, 15) is 4.79 Å². The molecule has 0 N–H and O–H groups in total. The van der Waals surface area contributed by atoms with Crippen LogP contribution in [0.25, 0.3) is 0 Å². The molecule has 76 valence electrons. The van der Waals surface area contributed by atoms with E-state index in [1.54, 1.807) is 5.51 Å². The van der Waals surface area contributed by atoms with Gasteiger partial charge in [0.2, 0.25) is 0 Å². The lowest BCUT2D eigenvalue weighted by molar-refractivity contribution is 0.0678. The Labute approximate surface area is 87.8 Å². The highest BCUT2D eigenvalue weighted by atomic mass is 32.1. The van der Waals surface area contributed by atoms with Gasteiger partial charge in [0.15, 0.2) is 0 Å². The Bertz CT molecular complexity index is 310. The highest BCUT2D eigenvalue weighted by Gasteiger charge is 2.22. The van der Waals surface area contributed by atoms with Crippen LogP contribution in [0.3, 0.4) is 0 Å². The van der Waals surface area contributed by atoms with Crippen LogP contribution < -0.4 is 0 Å². The number of thiazole rings is 1. The first-order chi connectivity index (χ1) is 6.77. The number of piperidine rings is 1. The van der Waals surface area contributed by atoms with E-state index in [-0.39, 0.29) is 5.91 Å². The van der Waals surface area contributed by atoms with Crippen LogP contribution in [0.4, 0.5) is 0 Å². The maximum absolute atomic E-state index is 11.9. The first-order valence-electron chi connectivity index (χ1n) is 4.95. The average Bonchev–Trinajstić information content (AvgIpc) is 2.69. The van der Waals surface area contributed by atoms with Gasteiger partial charge < -0.3 is 4.90 Å². The monoisotopic (exact) mass is 210 g/mol. The fourth-order valence-corrected chi connectivity index (χ4v) is 2.38. The quantitative estimate of drug-likeness (QED) is 0.710. The Hall–Kier alpha value is -0.900. The Kier molecular flexibility index (Phi) is 2.82. The van der Waals surface area contributed by atoms with Gasteiger partial charge in [-0.2, -0.15) is 0 Å². The number of aromatic nitrogens is 1. The topological polar surface area (TPSA) is 33.2 Å². The summed E-state index contributed by atoms with van der Waals surface area (Å²) in [7, 11) is 0. The Morgan fingerprint density at radius 2 is 2.57 bits per heavy atom. The van der Waals surface area contributed by atoms with E-state index in [1.807, 2.05) is 10.3 Å². The van der Waals surface area contributed by atoms with Crippen LogP contribution in [0.15, 0.2) is 10.9 Å². The average molecular weight is 210 g/mol. The summed E-state index contributed by atoms with van der Waals surface area (Å²) in [6.45, 7) is 3.97. The molecule has 1 fully saturated rings. The third kappa shape index (κ3) is 1.95. The summed E-state index contributed by atoms with van der Waals surface area (Å²) in [6.07, 6.45) is 2.36. The molecule has 4 heteroatoms. The molecule has 1 atom stereocenters. The molecule has 1 aliphatic rings. The number of carbonyl (C=O) groups excluding carboxylic acids is 1. The number of rotatable bonds is 1. The minimum atomic E-state index is 0.0952. The Morgan fingerprint density at radius 3 is 3.21 bits per heavy atom. The predicted octanol–water partition coefficient (Wildman–Crippen LogP) is 2.02. The summed E-state index contributed by atoms with van der Waals surface area (Å²) >= 11 is 1.47. The SMILES string of the molecule is CC1CCCN(C(=O)c2cscn2)C1. The largest absolute Gasteiger partial charge is 0.337 e. The maximum Gasteiger partial charge on any atom is 0.273 e. The van der Waals surface area contributed by atoms with Gasteiger partial charge in [-0.25, -0.2) is 4.98 Å². The van der Waals surface area contributed by atoms with Crippen LogP contribution in [0, 0.1) is 5.92 Å². The minimum Gasteiger partial charge on any atom is -0.337 e. The van der Waals surface area contributed by atoms with Crippen molar-refractivity contribution in [1.29, 1.82) is 0 Å². The third-order valence-corrected chi connectivity index (χ3v) is 3.18. The van der Waals surface area contributed by atoms with Gasteiger partial charge in [-0.1, -0.05) is 6.92 Å². The molecule has 2 heterocycles. The lowest BCUT2D eigenvalue weighted by Gasteiger charge is -2.30. The van der Waals surface area contributed by atoms with E-state index in [0.29, 0.717) is 11.6 Å². The molecule has 2 rings (SSSR count). The molecule has 0 bridgehead atoms. The zero-order valence-electron chi connectivity index (χ0n) is 8.27. The van der Waals surface area contributed by atoms with Gasteiger partial charge in [-0.3, -0.25) is 4.79 Å². The number of amides is 1. The van der Waals surface area contributed by atoms with Crippen molar-refractivity contribution in [1.82, 2.24) is 9.88 Å². The molecule has 1 amide bonds. The summed E-state index contributed by atoms with van der Waals surface area (Å²) in [4.78, 5) is 17.8. The summed E-state index contributed by atoms with van der Waals surface area (Å²) < 4.78 is 0. The smallest absolute Gasteiger partial charge is 0.273 e. The normalized spacial score (nSPS) is 22.4. The second-order valence-electron chi connectivity index (χ2n) is 3.87. The second kappa shape index (κ2) is 4.09. The predicted molar refractivity (Wildman–Crippen MR) is 56.4 cm³/mol. The van der Waals surface area contributed by atoms with Crippen molar-refractivity contribution >= 4 is 17.2 Å². The first-order valence-corrected chi connectivity index (χ1v) is 5.89. The second-order valence-corrected chi connectivity index (χ2v) is 4.59. The van der Waals surface area contributed by atoms with E-state index < -0.39 is 0 Å². The van der Waals surface area contributed by atoms with Crippen molar-refractivity contribution in [2.24, 2.45) is 5.92 Å². The van der Waals surface area contributed by atoms with Crippen LogP contribution in [-0.2, 0) is 0 Å². The Balaban J connectivity index is 2.04. The summed E-state index contributed by atoms with van der Waals surface area (Å²) in [5.74, 6) is 0.726. The van der Waals surface area contributed by atoms with Crippen molar-refractivity contribution in [2.45, 2.75) is 19.8 Å². The van der Waals surface area contributed by atoms with Crippen LogP contribution in [-0.4, -0.2) is 28.9 Å². The zero-order chi connectivity index (χ0) is 9.97. The van der Waals surface area contributed by atoms with E-state index in [0.717, 1.165) is 19.5 Å². The van der Waals surface area contributed by atoms with Crippen LogP contribution >= 0.6 is 11.3 Å². The standard InChI is InChI=1S/C10H14N2OS/c1-8-3-2-4-12(5-8)10(13)9-6-14-7-11-9/h6-8H,2-5H2,1H3. The fourth-order valence-electron chi connectivity index (χ4n) is 1.85. The van der Waals surface area contributed by atoms with Crippen molar-refractivity contribution in [2.75, 3.05) is 13.1 Å². The maximum atomic E-state index is 11.9. The lowest BCUT2D eigenvalue weighted by Crippen LogP contribution is -2.39. The summed E-state index contributed by atoms with van der Waals surface area (Å²) in [6, 6.07) is 0. The van der Waals surface area contributed by atoms with E-state index in [2.05, 4.69) is 11.9 Å². The highest BCUT2D eigenvalue weighted by Crippen LogP contribution is 2.17. The minimum absolute atomic E-state index is 0.0952. The van der Waals surface area contributed by atoms with Gasteiger partial charge in [-0.05, 0) is 18.8 Å². The molecule has 1 aromatic heterocycles. The molecule has 0 saturated carbocycles. The van der Waals surface area contributed by atoms with E-state index in [1.165, 1.54) is 17.8 Å². The highest BCUT2D eigenvalue weighted by molar-refractivity contribution is 7.07. The molecule has 1 unspecified atom stereocenters. The summed E-state index contributed by atoms with van der Waals surface area (Å²) in [5, 5.41) is 1.82. The van der Waals surface area contributed by atoms with E-state index >= 15 is 0 Å². The first kappa shape index (κ1) is 9.65.